The Morgan fingerprint density at radius 1 is 1.30 bits per heavy atom. The maximum absolute atomic E-state index is 12.9. The fraction of sp³-hybridized carbons (Fsp3) is 0.154. The first-order valence-electron chi connectivity index (χ1n) is 5.74. The van der Waals surface area contributed by atoms with Gasteiger partial charge in [0.25, 0.3) is 0 Å². The molecular weight excluding hydrogens is 263 g/mol. The lowest BCUT2D eigenvalue weighted by atomic mass is 10.1. The Kier molecular flexibility index (Phi) is 4.09. The molecule has 0 bridgehead atoms. The first-order valence-corrected chi connectivity index (χ1v) is 5.74. The third-order valence-electron chi connectivity index (χ3n) is 2.52. The van der Waals surface area contributed by atoms with Gasteiger partial charge in [0, 0.05) is 0 Å². The van der Waals surface area contributed by atoms with Gasteiger partial charge in [-0.05, 0) is 36.8 Å². The van der Waals surface area contributed by atoms with E-state index in [0.29, 0.717) is 5.71 Å². The number of rotatable bonds is 4. The average Bonchev–Trinajstić information content (AvgIpc) is 2.48. The zero-order valence-electron chi connectivity index (χ0n) is 11.0. The first-order chi connectivity index (χ1) is 9.60. The van der Waals surface area contributed by atoms with Crippen LogP contribution in [0.3, 0.4) is 0 Å². The van der Waals surface area contributed by atoms with Gasteiger partial charge in [0.05, 0.1) is 19.0 Å². The van der Waals surface area contributed by atoms with Gasteiger partial charge in [0.1, 0.15) is 5.75 Å². The van der Waals surface area contributed by atoms with Crippen molar-refractivity contribution in [2.24, 2.45) is 5.16 Å². The van der Waals surface area contributed by atoms with Gasteiger partial charge < -0.3 is 15.3 Å². The number of nitrogens with two attached hydrogens (primary N) is 1. The largest absolute Gasteiger partial charge is 0.497 e. The van der Waals surface area contributed by atoms with Crippen LogP contribution in [-0.4, -0.2) is 22.8 Å². The van der Waals surface area contributed by atoms with E-state index >= 15 is 0 Å². The third-order valence-corrected chi connectivity index (χ3v) is 2.52. The Balaban J connectivity index is 2.11. The van der Waals surface area contributed by atoms with Gasteiger partial charge in [-0.3, -0.25) is 0 Å². The molecule has 1 aromatic heterocycles. The molecule has 2 rings (SSSR count). The normalized spacial score (nSPS) is 11.2. The van der Waals surface area contributed by atoms with E-state index in [-0.39, 0.29) is 11.8 Å². The summed E-state index contributed by atoms with van der Waals surface area (Å²) >= 11 is 0. The molecule has 104 valence electrons. The smallest absolute Gasteiger partial charge is 0.347 e. The maximum atomic E-state index is 12.9. The van der Waals surface area contributed by atoms with E-state index in [1.807, 2.05) is 12.1 Å². The summed E-state index contributed by atoms with van der Waals surface area (Å²) in [6.45, 7) is 1.76. The quantitative estimate of drug-likeness (QED) is 0.682. The van der Waals surface area contributed by atoms with Crippen molar-refractivity contribution >= 4 is 11.5 Å². The molecule has 0 saturated carbocycles. The molecule has 20 heavy (non-hydrogen) atoms. The lowest BCUT2D eigenvalue weighted by Gasteiger charge is -2.03. The number of benzene rings is 1. The molecule has 0 spiro atoms. The first kappa shape index (κ1) is 13.7. The maximum Gasteiger partial charge on any atom is 0.347 e. The minimum absolute atomic E-state index is 0.114. The van der Waals surface area contributed by atoms with E-state index in [1.165, 1.54) is 0 Å². The van der Waals surface area contributed by atoms with Crippen molar-refractivity contribution in [3.8, 4) is 11.8 Å². The van der Waals surface area contributed by atoms with Gasteiger partial charge in [-0.2, -0.15) is 9.97 Å². The molecule has 0 saturated heterocycles. The summed E-state index contributed by atoms with van der Waals surface area (Å²) in [7, 11) is 1.59. The van der Waals surface area contributed by atoms with Crippen molar-refractivity contribution in [3.63, 3.8) is 0 Å². The Bertz CT molecular complexity index is 629. The molecule has 7 heteroatoms. The van der Waals surface area contributed by atoms with Crippen molar-refractivity contribution in [2.45, 2.75) is 6.92 Å². The van der Waals surface area contributed by atoms with E-state index in [0.717, 1.165) is 17.5 Å². The van der Waals surface area contributed by atoms with Gasteiger partial charge in [-0.25, -0.2) is 4.39 Å². The second-order valence-corrected chi connectivity index (χ2v) is 3.88. The highest BCUT2D eigenvalue weighted by molar-refractivity contribution is 5.98. The Labute approximate surface area is 115 Å². The highest BCUT2D eigenvalue weighted by Crippen LogP contribution is 2.13. The summed E-state index contributed by atoms with van der Waals surface area (Å²) in [5, 5.41) is 3.86. The molecule has 2 aromatic rings. The van der Waals surface area contributed by atoms with Crippen molar-refractivity contribution in [3.05, 3.63) is 41.8 Å². The van der Waals surface area contributed by atoms with Crippen molar-refractivity contribution < 1.29 is 14.0 Å². The van der Waals surface area contributed by atoms with E-state index in [1.54, 1.807) is 26.2 Å². The Morgan fingerprint density at radius 2 is 2.00 bits per heavy atom. The highest BCUT2D eigenvalue weighted by atomic mass is 19.1. The lowest BCUT2D eigenvalue weighted by molar-refractivity contribution is 0.311. The topological polar surface area (TPSA) is 82.6 Å². The number of ether oxygens (including phenoxy) is 1. The second-order valence-electron chi connectivity index (χ2n) is 3.88. The molecule has 0 radical (unpaired) electrons. The molecule has 0 atom stereocenters. The number of methoxy groups -OCH3 is 1. The van der Waals surface area contributed by atoms with Crippen LogP contribution in [0.4, 0.5) is 10.2 Å². The average molecular weight is 276 g/mol. The summed E-state index contributed by atoms with van der Waals surface area (Å²) in [5.74, 6) is -0.238. The predicted octanol–water partition coefficient (Wildman–Crippen LogP) is 2.01. The van der Waals surface area contributed by atoms with Crippen LogP contribution in [0.2, 0.25) is 0 Å². The SMILES string of the molecule is COc1ccc(C(C)=NOc2ncc(F)c(N)n2)cc1. The summed E-state index contributed by atoms with van der Waals surface area (Å²) in [6.07, 6.45) is 0.926. The number of oxime groups is 1. The number of anilines is 1. The molecule has 0 aliphatic rings. The van der Waals surface area contributed by atoms with E-state index in [4.69, 9.17) is 15.3 Å². The number of aromatic nitrogens is 2. The summed E-state index contributed by atoms with van der Waals surface area (Å²) in [6, 6.07) is 7.17. The van der Waals surface area contributed by atoms with Crippen LogP contribution in [0.25, 0.3) is 0 Å². The van der Waals surface area contributed by atoms with E-state index in [9.17, 15) is 4.39 Å². The molecule has 1 aromatic carbocycles. The Morgan fingerprint density at radius 3 is 2.60 bits per heavy atom. The minimum Gasteiger partial charge on any atom is -0.497 e. The molecule has 0 amide bonds. The molecule has 0 aliphatic heterocycles. The zero-order valence-corrected chi connectivity index (χ0v) is 11.0. The summed E-state index contributed by atoms with van der Waals surface area (Å²) < 4.78 is 17.9. The molecule has 0 unspecified atom stereocenters. The van der Waals surface area contributed by atoms with Crippen LogP contribution >= 0.6 is 0 Å². The number of nitrogen functional groups attached to an aromatic ring is 1. The predicted molar refractivity (Wildman–Crippen MR) is 72.2 cm³/mol. The van der Waals surface area contributed by atoms with Gasteiger partial charge in [0.2, 0.25) is 0 Å². The third kappa shape index (κ3) is 3.19. The Hall–Kier alpha value is -2.70. The number of hydrogen-bond donors (Lipinski definition) is 1. The van der Waals surface area contributed by atoms with Crippen LogP contribution in [0.1, 0.15) is 12.5 Å². The molecule has 2 N–H and O–H groups in total. The van der Waals surface area contributed by atoms with Crippen LogP contribution in [0.15, 0.2) is 35.6 Å². The van der Waals surface area contributed by atoms with Gasteiger partial charge in [-0.15, -0.1) is 0 Å². The van der Waals surface area contributed by atoms with E-state index in [2.05, 4.69) is 15.1 Å². The number of halogens is 1. The fourth-order valence-electron chi connectivity index (χ4n) is 1.40. The van der Waals surface area contributed by atoms with Gasteiger partial charge in [0.15, 0.2) is 11.6 Å². The van der Waals surface area contributed by atoms with Gasteiger partial charge in [-0.1, -0.05) is 5.16 Å². The fourth-order valence-corrected chi connectivity index (χ4v) is 1.40. The summed E-state index contributed by atoms with van der Waals surface area (Å²) in [5.41, 5.74) is 6.76. The van der Waals surface area contributed by atoms with Crippen LogP contribution in [0, 0.1) is 5.82 Å². The van der Waals surface area contributed by atoms with Crippen molar-refractivity contribution in [2.75, 3.05) is 12.8 Å². The highest BCUT2D eigenvalue weighted by Gasteiger charge is 2.05. The number of hydrogen-bond acceptors (Lipinski definition) is 6. The number of nitrogens with zero attached hydrogens (tertiary/aromatic N) is 3. The van der Waals surface area contributed by atoms with Crippen molar-refractivity contribution in [1.29, 1.82) is 0 Å². The second kappa shape index (κ2) is 5.96. The molecule has 0 fully saturated rings. The molecule has 0 aliphatic carbocycles. The molecule has 6 nitrogen and oxygen atoms in total. The van der Waals surface area contributed by atoms with Crippen LogP contribution < -0.4 is 15.3 Å². The zero-order chi connectivity index (χ0) is 14.5. The van der Waals surface area contributed by atoms with Gasteiger partial charge >= 0.3 is 6.01 Å². The monoisotopic (exact) mass is 276 g/mol. The minimum atomic E-state index is -0.701. The van der Waals surface area contributed by atoms with Crippen LogP contribution in [-0.2, 0) is 0 Å². The van der Waals surface area contributed by atoms with E-state index < -0.39 is 5.82 Å². The van der Waals surface area contributed by atoms with Crippen molar-refractivity contribution in [1.82, 2.24) is 9.97 Å². The molecule has 1 heterocycles. The van der Waals surface area contributed by atoms with Crippen LogP contribution in [0.5, 0.6) is 11.8 Å². The standard InChI is InChI=1S/C13H13FN4O2/c1-8(9-3-5-10(19-2)6-4-9)18-20-13-16-7-11(14)12(15)17-13/h3-7H,1-2H3,(H2,15,16,17). The summed E-state index contributed by atoms with van der Waals surface area (Å²) in [4.78, 5) is 12.2. The molecular formula is C13H13FN4O2. The lowest BCUT2D eigenvalue weighted by Crippen LogP contribution is -2.02.